The first kappa shape index (κ1) is 17.4. The smallest absolute Gasteiger partial charge is 0.330 e. The number of hydrogen-bond donors (Lipinski definition) is 1. The average molecular weight is 311 g/mol. The minimum atomic E-state index is -0.555. The molecule has 0 aliphatic carbocycles. The van der Waals surface area contributed by atoms with Crippen LogP contribution in [0.5, 0.6) is 0 Å². The summed E-state index contributed by atoms with van der Waals surface area (Å²) in [7, 11) is 0. The molecule has 5 heteroatoms. The van der Waals surface area contributed by atoms with Crippen molar-refractivity contribution < 1.29 is 19.0 Å². The zero-order valence-electron chi connectivity index (χ0n) is 14.5. The van der Waals surface area contributed by atoms with Crippen LogP contribution in [-0.4, -0.2) is 42.7 Å². The first-order valence-corrected chi connectivity index (χ1v) is 7.85. The largest absolute Gasteiger partial charge is 0.462 e. The molecule has 22 heavy (non-hydrogen) atoms. The molecule has 1 N–H and O–H groups in total. The van der Waals surface area contributed by atoms with Crippen LogP contribution in [-0.2, 0) is 19.0 Å². The lowest BCUT2D eigenvalue weighted by Crippen LogP contribution is -2.67. The molecule has 0 aromatic heterocycles. The Labute approximate surface area is 133 Å². The Morgan fingerprint density at radius 1 is 1.14 bits per heavy atom. The predicted molar refractivity (Wildman–Crippen MR) is 84.4 cm³/mol. The summed E-state index contributed by atoms with van der Waals surface area (Å²) in [6.07, 6.45) is 2.77. The molecule has 0 amide bonds. The van der Waals surface area contributed by atoms with Crippen molar-refractivity contribution in [3.05, 3.63) is 12.7 Å². The van der Waals surface area contributed by atoms with Gasteiger partial charge in [-0.2, -0.15) is 0 Å². The predicted octanol–water partition coefficient (Wildman–Crippen LogP) is 2.41. The Kier molecular flexibility index (Phi) is 4.46. The maximum atomic E-state index is 11.2. The minimum Gasteiger partial charge on any atom is -0.462 e. The Morgan fingerprint density at radius 2 is 1.64 bits per heavy atom. The van der Waals surface area contributed by atoms with Crippen molar-refractivity contribution in [3.63, 3.8) is 0 Å². The number of ether oxygens (including phenoxy) is 3. The van der Waals surface area contributed by atoms with Crippen LogP contribution in [0.1, 0.15) is 47.5 Å². The van der Waals surface area contributed by atoms with Gasteiger partial charge in [0.25, 0.3) is 0 Å². The summed E-state index contributed by atoms with van der Waals surface area (Å²) >= 11 is 0. The maximum Gasteiger partial charge on any atom is 0.330 e. The highest BCUT2D eigenvalue weighted by molar-refractivity contribution is 5.81. The number of esters is 1. The lowest BCUT2D eigenvalue weighted by molar-refractivity contribution is -0.329. The van der Waals surface area contributed by atoms with Gasteiger partial charge in [-0.3, -0.25) is 0 Å². The molecule has 2 rings (SSSR count). The van der Waals surface area contributed by atoms with Gasteiger partial charge in [0.05, 0.1) is 13.2 Å². The average Bonchev–Trinajstić information content (AvgIpc) is 2.37. The molecule has 0 aromatic rings. The SMILES string of the molecule is C=CC(=O)OCC1(C)COC2(CC(C)(C)NC(C)(C)C2)OC1. The van der Waals surface area contributed by atoms with Crippen molar-refractivity contribution in [3.8, 4) is 0 Å². The zero-order valence-corrected chi connectivity index (χ0v) is 14.5. The number of carbonyl (C=O) groups excluding carboxylic acids is 1. The highest BCUT2D eigenvalue weighted by Crippen LogP contribution is 2.43. The lowest BCUT2D eigenvalue weighted by atomic mass is 9.77. The van der Waals surface area contributed by atoms with Gasteiger partial charge in [0.1, 0.15) is 6.61 Å². The summed E-state index contributed by atoms with van der Waals surface area (Å²) in [4.78, 5) is 11.2. The lowest BCUT2D eigenvalue weighted by Gasteiger charge is -2.55. The third-order valence-corrected chi connectivity index (χ3v) is 4.20. The molecular formula is C17H29NO4. The van der Waals surface area contributed by atoms with Crippen molar-refractivity contribution in [1.82, 2.24) is 5.32 Å². The van der Waals surface area contributed by atoms with Gasteiger partial charge in [0, 0.05) is 35.4 Å². The summed E-state index contributed by atoms with van der Waals surface area (Å²) in [5.74, 6) is -0.967. The van der Waals surface area contributed by atoms with Crippen molar-refractivity contribution in [2.75, 3.05) is 19.8 Å². The Balaban J connectivity index is 2.01. The van der Waals surface area contributed by atoms with Crippen molar-refractivity contribution >= 4 is 5.97 Å². The summed E-state index contributed by atoms with van der Waals surface area (Å²) < 4.78 is 17.5. The van der Waals surface area contributed by atoms with Crippen LogP contribution < -0.4 is 5.32 Å². The van der Waals surface area contributed by atoms with E-state index < -0.39 is 11.8 Å². The van der Waals surface area contributed by atoms with Crippen LogP contribution in [0.3, 0.4) is 0 Å². The molecule has 2 heterocycles. The van der Waals surface area contributed by atoms with Gasteiger partial charge in [0.15, 0.2) is 5.79 Å². The summed E-state index contributed by atoms with van der Waals surface area (Å²) in [5, 5.41) is 3.63. The standard InChI is InChI=1S/C17H29NO4/c1-7-13(19)20-10-16(6)11-21-17(22-12-16)8-14(2,3)18-15(4,5)9-17/h7,18H,1,8-12H2,2-6H3. The maximum absolute atomic E-state index is 11.2. The first-order chi connectivity index (χ1) is 9.99. The number of nitrogens with one attached hydrogen (secondary N) is 1. The van der Waals surface area contributed by atoms with Gasteiger partial charge in [-0.1, -0.05) is 13.5 Å². The second-order valence-electron chi connectivity index (χ2n) is 8.36. The molecule has 0 bridgehead atoms. The normalized spacial score (nSPS) is 28.0. The minimum absolute atomic E-state index is 0.0508. The molecule has 2 aliphatic heterocycles. The Bertz CT molecular complexity index is 430. The van der Waals surface area contributed by atoms with Crippen molar-refractivity contribution in [2.24, 2.45) is 5.41 Å². The van der Waals surface area contributed by atoms with E-state index in [9.17, 15) is 4.79 Å². The molecule has 0 unspecified atom stereocenters. The first-order valence-electron chi connectivity index (χ1n) is 7.85. The zero-order chi connectivity index (χ0) is 16.6. The van der Waals surface area contributed by atoms with E-state index in [0.29, 0.717) is 13.2 Å². The Hall–Kier alpha value is -0.910. The fourth-order valence-electron chi connectivity index (χ4n) is 3.70. The van der Waals surface area contributed by atoms with Gasteiger partial charge in [-0.05, 0) is 27.7 Å². The summed E-state index contributed by atoms with van der Waals surface area (Å²) in [6.45, 7) is 15.4. The molecule has 5 nitrogen and oxygen atoms in total. The molecule has 2 fully saturated rings. The molecule has 0 atom stereocenters. The highest BCUT2D eigenvalue weighted by atomic mass is 16.7. The van der Waals surface area contributed by atoms with Gasteiger partial charge < -0.3 is 19.5 Å². The molecule has 2 saturated heterocycles. The topological polar surface area (TPSA) is 56.8 Å². The van der Waals surface area contributed by atoms with E-state index in [4.69, 9.17) is 14.2 Å². The second-order valence-corrected chi connectivity index (χ2v) is 8.36. The van der Waals surface area contributed by atoms with Gasteiger partial charge >= 0.3 is 5.97 Å². The highest BCUT2D eigenvalue weighted by Gasteiger charge is 2.52. The van der Waals surface area contributed by atoms with E-state index in [-0.39, 0.29) is 23.1 Å². The molecule has 0 radical (unpaired) electrons. The van der Waals surface area contributed by atoms with E-state index in [2.05, 4.69) is 39.6 Å². The monoisotopic (exact) mass is 311 g/mol. The molecular weight excluding hydrogens is 282 g/mol. The van der Waals surface area contributed by atoms with Gasteiger partial charge in [-0.15, -0.1) is 0 Å². The molecule has 0 saturated carbocycles. The summed E-state index contributed by atoms with van der Waals surface area (Å²) in [5.41, 5.74) is -0.418. The molecule has 2 aliphatic rings. The Morgan fingerprint density at radius 3 is 2.09 bits per heavy atom. The van der Waals surface area contributed by atoms with E-state index in [1.807, 2.05) is 6.92 Å². The van der Waals surface area contributed by atoms with Gasteiger partial charge in [-0.25, -0.2) is 4.79 Å². The quantitative estimate of drug-likeness (QED) is 0.641. The van der Waals surface area contributed by atoms with Crippen LogP contribution >= 0.6 is 0 Å². The van der Waals surface area contributed by atoms with Crippen LogP contribution in [0.15, 0.2) is 12.7 Å². The van der Waals surface area contributed by atoms with E-state index in [1.54, 1.807) is 0 Å². The number of rotatable bonds is 3. The fourth-order valence-corrected chi connectivity index (χ4v) is 3.70. The molecule has 1 spiro atoms. The van der Waals surface area contributed by atoms with Crippen molar-refractivity contribution in [1.29, 1.82) is 0 Å². The third-order valence-electron chi connectivity index (χ3n) is 4.20. The van der Waals surface area contributed by atoms with Crippen LogP contribution in [0.25, 0.3) is 0 Å². The third kappa shape index (κ3) is 4.09. The number of hydrogen-bond acceptors (Lipinski definition) is 5. The second kappa shape index (κ2) is 5.62. The van der Waals surface area contributed by atoms with Crippen LogP contribution in [0.2, 0.25) is 0 Å². The van der Waals surface area contributed by atoms with Crippen LogP contribution in [0.4, 0.5) is 0 Å². The number of piperidine rings is 1. The number of carbonyl (C=O) groups is 1. The fraction of sp³-hybridized carbons (Fsp3) is 0.824. The summed E-state index contributed by atoms with van der Waals surface area (Å²) in [6, 6.07) is 0. The van der Waals surface area contributed by atoms with E-state index >= 15 is 0 Å². The molecule has 126 valence electrons. The molecule has 0 aromatic carbocycles. The van der Waals surface area contributed by atoms with Gasteiger partial charge in [0.2, 0.25) is 0 Å². The van der Waals surface area contributed by atoms with E-state index in [1.165, 1.54) is 6.08 Å². The van der Waals surface area contributed by atoms with Crippen molar-refractivity contribution in [2.45, 2.75) is 64.3 Å². The van der Waals surface area contributed by atoms with E-state index in [0.717, 1.165) is 12.8 Å². The van der Waals surface area contributed by atoms with Crippen LogP contribution in [0, 0.1) is 5.41 Å².